The minimum absolute atomic E-state index is 0.322. The molecule has 144 valence electrons. The summed E-state index contributed by atoms with van der Waals surface area (Å²) in [5, 5.41) is 7.23. The van der Waals surface area contributed by atoms with E-state index in [1.165, 1.54) is 16.3 Å². The van der Waals surface area contributed by atoms with E-state index >= 15 is 0 Å². The summed E-state index contributed by atoms with van der Waals surface area (Å²) in [4.78, 5) is 24.9. The molecule has 0 fully saturated rings. The van der Waals surface area contributed by atoms with Crippen LogP contribution in [0.4, 0.5) is 5.69 Å². The second kappa shape index (κ2) is 8.08. The van der Waals surface area contributed by atoms with Crippen molar-refractivity contribution in [2.45, 2.75) is 26.8 Å². The van der Waals surface area contributed by atoms with Gasteiger partial charge in [-0.15, -0.1) is 0 Å². The van der Waals surface area contributed by atoms with E-state index in [0.717, 1.165) is 11.1 Å². The number of anilines is 1. The van der Waals surface area contributed by atoms with Gasteiger partial charge in [-0.05, 0) is 68.3 Å². The van der Waals surface area contributed by atoms with Gasteiger partial charge in [-0.2, -0.15) is 5.10 Å². The van der Waals surface area contributed by atoms with E-state index in [4.69, 9.17) is 4.74 Å². The van der Waals surface area contributed by atoms with E-state index in [2.05, 4.69) is 10.4 Å². The van der Waals surface area contributed by atoms with E-state index in [1.54, 1.807) is 44.4 Å². The lowest BCUT2D eigenvalue weighted by molar-refractivity contribution is -0.119. The number of aromatic nitrogens is 2. The third-order valence-electron chi connectivity index (χ3n) is 4.73. The maximum Gasteiger partial charge on any atom is 0.267 e. The van der Waals surface area contributed by atoms with Crippen LogP contribution in [-0.2, 0) is 4.79 Å². The molecule has 3 rings (SSSR count). The van der Waals surface area contributed by atoms with Crippen LogP contribution in [-0.4, -0.2) is 22.8 Å². The van der Waals surface area contributed by atoms with Crippen molar-refractivity contribution in [1.82, 2.24) is 9.78 Å². The minimum atomic E-state index is -0.763. The molecule has 1 atom stereocenters. The average Bonchev–Trinajstić information content (AvgIpc) is 2.70. The molecule has 1 heterocycles. The van der Waals surface area contributed by atoms with Gasteiger partial charge in [-0.25, -0.2) is 4.68 Å². The van der Waals surface area contributed by atoms with E-state index in [9.17, 15) is 9.59 Å². The molecular formula is C22H23N3O3. The molecule has 0 radical (unpaired) electrons. The molecule has 0 saturated carbocycles. The van der Waals surface area contributed by atoms with Crippen molar-refractivity contribution in [1.29, 1.82) is 0 Å². The quantitative estimate of drug-likeness (QED) is 0.735. The largest absolute Gasteiger partial charge is 0.497 e. The number of hydrogen-bond donors (Lipinski definition) is 1. The summed E-state index contributed by atoms with van der Waals surface area (Å²) in [6.45, 7) is 5.72. The molecule has 0 bridgehead atoms. The lowest BCUT2D eigenvalue weighted by atomic mass is 10.0. The van der Waals surface area contributed by atoms with Crippen molar-refractivity contribution in [3.05, 3.63) is 76.1 Å². The molecule has 1 aromatic heterocycles. The highest BCUT2D eigenvalue weighted by molar-refractivity contribution is 5.93. The molecular weight excluding hydrogens is 354 g/mol. The number of nitrogens with zero attached hydrogens (tertiary/aromatic N) is 2. The van der Waals surface area contributed by atoms with Gasteiger partial charge >= 0.3 is 0 Å². The molecule has 0 saturated heterocycles. The predicted octanol–water partition coefficient (Wildman–Crippen LogP) is 3.74. The van der Waals surface area contributed by atoms with Crippen LogP contribution in [0.2, 0.25) is 0 Å². The Kier molecular flexibility index (Phi) is 5.59. The smallest absolute Gasteiger partial charge is 0.267 e. The SMILES string of the molecule is COc1ccc(NC(=O)C(C)n2nc(-c3ccc(C)c(C)c3)ccc2=O)cc1. The Morgan fingerprint density at radius 3 is 2.39 bits per heavy atom. The van der Waals surface area contributed by atoms with Crippen LogP contribution in [0, 0.1) is 13.8 Å². The van der Waals surface area contributed by atoms with E-state index in [0.29, 0.717) is 17.1 Å². The Hall–Kier alpha value is -3.41. The number of hydrogen-bond acceptors (Lipinski definition) is 4. The molecule has 3 aromatic rings. The lowest BCUT2D eigenvalue weighted by Crippen LogP contribution is -2.33. The van der Waals surface area contributed by atoms with Gasteiger partial charge < -0.3 is 10.1 Å². The Morgan fingerprint density at radius 2 is 1.75 bits per heavy atom. The molecule has 2 aromatic carbocycles. The summed E-state index contributed by atoms with van der Waals surface area (Å²) in [5.41, 5.74) is 4.17. The first-order chi connectivity index (χ1) is 13.4. The number of aryl methyl sites for hydroxylation is 2. The van der Waals surface area contributed by atoms with Crippen LogP contribution in [0.5, 0.6) is 5.75 Å². The zero-order chi connectivity index (χ0) is 20.3. The molecule has 0 spiro atoms. The number of carbonyl (C=O) groups is 1. The Morgan fingerprint density at radius 1 is 1.04 bits per heavy atom. The van der Waals surface area contributed by atoms with Crippen molar-refractivity contribution in [2.24, 2.45) is 0 Å². The summed E-state index contributed by atoms with van der Waals surface area (Å²) in [6, 6.07) is 15.3. The van der Waals surface area contributed by atoms with Crippen LogP contribution >= 0.6 is 0 Å². The highest BCUT2D eigenvalue weighted by Gasteiger charge is 2.18. The fraction of sp³-hybridized carbons (Fsp3) is 0.227. The first kappa shape index (κ1) is 19.4. The normalized spacial score (nSPS) is 11.7. The average molecular weight is 377 g/mol. The molecule has 6 heteroatoms. The number of carbonyl (C=O) groups excluding carboxylic acids is 1. The van der Waals surface area contributed by atoms with Crippen LogP contribution < -0.4 is 15.6 Å². The lowest BCUT2D eigenvalue weighted by Gasteiger charge is -2.15. The highest BCUT2D eigenvalue weighted by Crippen LogP contribution is 2.20. The number of nitrogens with one attached hydrogen (secondary N) is 1. The van der Waals surface area contributed by atoms with E-state index in [1.807, 2.05) is 32.0 Å². The standard InChI is InChI=1S/C22H23N3O3/c1-14-5-6-17(13-15(14)2)20-11-12-21(26)25(24-20)16(3)22(27)23-18-7-9-19(28-4)10-8-18/h5-13,16H,1-4H3,(H,23,27). The van der Waals surface area contributed by atoms with Crippen molar-refractivity contribution in [3.8, 4) is 17.0 Å². The highest BCUT2D eigenvalue weighted by atomic mass is 16.5. The van der Waals surface area contributed by atoms with Crippen LogP contribution in [0.25, 0.3) is 11.3 Å². The Bertz CT molecular complexity index is 1060. The van der Waals surface area contributed by atoms with Crippen LogP contribution in [0.1, 0.15) is 24.1 Å². The van der Waals surface area contributed by atoms with Gasteiger partial charge in [0.05, 0.1) is 12.8 Å². The number of ether oxygens (including phenoxy) is 1. The molecule has 1 amide bonds. The molecule has 0 aliphatic carbocycles. The number of benzene rings is 2. The van der Waals surface area contributed by atoms with Gasteiger partial charge in [-0.1, -0.05) is 12.1 Å². The fourth-order valence-electron chi connectivity index (χ4n) is 2.79. The minimum Gasteiger partial charge on any atom is -0.497 e. The first-order valence-electron chi connectivity index (χ1n) is 9.01. The summed E-state index contributed by atoms with van der Waals surface area (Å²) in [6.07, 6.45) is 0. The molecule has 0 aliphatic heterocycles. The maximum atomic E-state index is 12.6. The van der Waals surface area contributed by atoms with Gasteiger partial charge in [-0.3, -0.25) is 9.59 Å². The van der Waals surface area contributed by atoms with E-state index < -0.39 is 6.04 Å². The van der Waals surface area contributed by atoms with Gasteiger partial charge in [0.15, 0.2) is 0 Å². The zero-order valence-electron chi connectivity index (χ0n) is 16.4. The number of rotatable bonds is 5. The first-order valence-corrected chi connectivity index (χ1v) is 9.01. The fourth-order valence-corrected chi connectivity index (χ4v) is 2.79. The van der Waals surface area contributed by atoms with E-state index in [-0.39, 0.29) is 11.5 Å². The predicted molar refractivity (Wildman–Crippen MR) is 110 cm³/mol. The Labute approximate surface area is 163 Å². The van der Waals surface area contributed by atoms with Gasteiger partial charge in [0.1, 0.15) is 11.8 Å². The molecule has 6 nitrogen and oxygen atoms in total. The second-order valence-electron chi connectivity index (χ2n) is 6.69. The number of methoxy groups -OCH3 is 1. The summed E-state index contributed by atoms with van der Waals surface area (Å²) >= 11 is 0. The third-order valence-corrected chi connectivity index (χ3v) is 4.73. The maximum absolute atomic E-state index is 12.6. The van der Waals surface area contributed by atoms with Crippen molar-refractivity contribution >= 4 is 11.6 Å². The summed E-state index contributed by atoms with van der Waals surface area (Å²) < 4.78 is 6.32. The van der Waals surface area contributed by atoms with Crippen LogP contribution in [0.15, 0.2) is 59.4 Å². The van der Waals surface area contributed by atoms with Crippen molar-refractivity contribution < 1.29 is 9.53 Å². The monoisotopic (exact) mass is 377 g/mol. The zero-order valence-corrected chi connectivity index (χ0v) is 16.4. The Balaban J connectivity index is 1.85. The van der Waals surface area contributed by atoms with Gasteiger partial charge in [0, 0.05) is 17.3 Å². The van der Waals surface area contributed by atoms with Crippen molar-refractivity contribution in [2.75, 3.05) is 12.4 Å². The summed E-state index contributed by atoms with van der Waals surface area (Å²) in [7, 11) is 1.58. The molecule has 1 unspecified atom stereocenters. The molecule has 0 aliphatic rings. The van der Waals surface area contributed by atoms with Crippen LogP contribution in [0.3, 0.4) is 0 Å². The second-order valence-corrected chi connectivity index (χ2v) is 6.69. The number of amides is 1. The van der Waals surface area contributed by atoms with Gasteiger partial charge in [0.25, 0.3) is 5.56 Å². The molecule has 1 N–H and O–H groups in total. The molecule has 28 heavy (non-hydrogen) atoms. The topological polar surface area (TPSA) is 73.2 Å². The third kappa shape index (κ3) is 4.11. The van der Waals surface area contributed by atoms with Gasteiger partial charge in [0.2, 0.25) is 5.91 Å². The summed E-state index contributed by atoms with van der Waals surface area (Å²) in [5.74, 6) is 0.377. The van der Waals surface area contributed by atoms with Crippen molar-refractivity contribution in [3.63, 3.8) is 0 Å².